The normalized spacial score (nSPS) is 15.5. The van der Waals surface area contributed by atoms with E-state index in [1.54, 1.807) is 0 Å². The molecule has 0 spiro atoms. The fraction of sp³-hybridized carbons (Fsp3) is 0.727. The van der Waals surface area contributed by atoms with Gasteiger partial charge in [-0.2, -0.15) is 4.37 Å². The number of nitrogens with two attached hydrogens (primary N) is 1. The number of hydrogen-bond acceptors (Lipinski definition) is 6. The second-order valence-corrected chi connectivity index (χ2v) is 7.69. The number of hydrogen-bond donors (Lipinski definition) is 2. The van der Waals surface area contributed by atoms with Gasteiger partial charge in [-0.1, -0.05) is 20.3 Å². The third-order valence-electron chi connectivity index (χ3n) is 3.27. The molecule has 8 heteroatoms. The molecule has 0 fully saturated rings. The summed E-state index contributed by atoms with van der Waals surface area (Å²) in [6.45, 7) is 6.24. The molecule has 6 nitrogen and oxygen atoms in total. The van der Waals surface area contributed by atoms with Crippen molar-refractivity contribution >= 4 is 32.4 Å². The highest BCUT2D eigenvalue weighted by atomic mass is 32.2. The number of rotatable bonds is 6. The number of aromatic nitrogens is 1. The summed E-state index contributed by atoms with van der Waals surface area (Å²) in [5.74, 6) is 0.482. The van der Waals surface area contributed by atoms with Gasteiger partial charge >= 0.3 is 0 Å². The Morgan fingerprint density at radius 2 is 2.00 bits per heavy atom. The highest BCUT2D eigenvalue weighted by Crippen LogP contribution is 2.34. The molecule has 1 aromatic rings. The molecule has 3 N–H and O–H groups in total. The van der Waals surface area contributed by atoms with Gasteiger partial charge in [-0.25, -0.2) is 12.7 Å². The van der Waals surface area contributed by atoms with Crippen LogP contribution in [-0.2, 0) is 10.0 Å². The van der Waals surface area contributed by atoms with Crippen LogP contribution in [0.15, 0.2) is 4.90 Å². The van der Waals surface area contributed by atoms with Crippen LogP contribution in [0.3, 0.4) is 0 Å². The van der Waals surface area contributed by atoms with Crippen LogP contribution in [0.2, 0.25) is 0 Å². The molecule has 1 rings (SSSR count). The summed E-state index contributed by atoms with van der Waals surface area (Å²) in [7, 11) is -0.618. The van der Waals surface area contributed by atoms with Crippen LogP contribution in [0.4, 0.5) is 10.8 Å². The monoisotopic (exact) mass is 306 g/mol. The van der Waals surface area contributed by atoms with Gasteiger partial charge in [0.15, 0.2) is 10.7 Å². The minimum absolute atomic E-state index is 0.0533. The van der Waals surface area contributed by atoms with E-state index in [1.165, 1.54) is 14.1 Å². The number of sulfonamides is 1. The van der Waals surface area contributed by atoms with E-state index < -0.39 is 10.0 Å². The fourth-order valence-electron chi connectivity index (χ4n) is 1.52. The van der Waals surface area contributed by atoms with Gasteiger partial charge in [0.25, 0.3) is 0 Å². The van der Waals surface area contributed by atoms with Gasteiger partial charge in [-0.3, -0.25) is 0 Å². The molecule has 19 heavy (non-hydrogen) atoms. The van der Waals surface area contributed by atoms with Crippen molar-refractivity contribution in [3.05, 3.63) is 0 Å². The highest BCUT2D eigenvalue weighted by Gasteiger charge is 2.28. The standard InChI is InChI=1S/C11H22N4O2S2/c1-6-7(2)8(3)13-11-9(10(12)14-18-11)19(16,17)15(4)5/h7-8,13H,6H2,1-5H3,(H2,12,14). The third kappa shape index (κ3) is 3.37. The molecule has 0 aromatic carbocycles. The van der Waals surface area contributed by atoms with Gasteiger partial charge in [0, 0.05) is 20.1 Å². The van der Waals surface area contributed by atoms with Crippen LogP contribution in [-0.4, -0.2) is 37.2 Å². The van der Waals surface area contributed by atoms with Crippen molar-refractivity contribution in [1.29, 1.82) is 0 Å². The first-order valence-electron chi connectivity index (χ1n) is 6.16. The maximum atomic E-state index is 12.2. The van der Waals surface area contributed by atoms with E-state index in [0.717, 1.165) is 22.3 Å². The number of nitrogens with zero attached hydrogens (tertiary/aromatic N) is 2. The molecular formula is C11H22N4O2S2. The molecule has 1 heterocycles. The first-order chi connectivity index (χ1) is 8.71. The van der Waals surface area contributed by atoms with Gasteiger partial charge in [0.2, 0.25) is 10.0 Å². The molecule has 0 amide bonds. The van der Waals surface area contributed by atoms with Crippen molar-refractivity contribution in [2.45, 2.75) is 38.1 Å². The van der Waals surface area contributed by atoms with Crippen molar-refractivity contribution in [3.63, 3.8) is 0 Å². The minimum Gasteiger partial charge on any atom is -0.382 e. The quantitative estimate of drug-likeness (QED) is 0.837. The SMILES string of the molecule is CCC(C)C(C)Nc1snc(N)c1S(=O)(=O)N(C)C. The average molecular weight is 306 g/mol. The first kappa shape index (κ1) is 16.2. The zero-order valence-corrected chi connectivity index (χ0v) is 13.6. The molecule has 0 saturated heterocycles. The lowest BCUT2D eigenvalue weighted by Gasteiger charge is -2.21. The lowest BCUT2D eigenvalue weighted by Crippen LogP contribution is -2.26. The Morgan fingerprint density at radius 3 is 2.47 bits per heavy atom. The Hall–Kier alpha value is -0.860. The maximum Gasteiger partial charge on any atom is 0.249 e. The summed E-state index contributed by atoms with van der Waals surface area (Å²) in [6, 6.07) is 0.154. The Labute approximate surface area is 119 Å². The molecule has 0 aliphatic heterocycles. The lowest BCUT2D eigenvalue weighted by atomic mass is 10.0. The molecule has 2 unspecified atom stereocenters. The second-order valence-electron chi connectivity index (χ2n) is 4.83. The second kappa shape index (κ2) is 6.06. The highest BCUT2D eigenvalue weighted by molar-refractivity contribution is 7.89. The molecule has 0 aliphatic carbocycles. The average Bonchev–Trinajstić information content (AvgIpc) is 2.69. The van der Waals surface area contributed by atoms with E-state index in [0.29, 0.717) is 10.9 Å². The topological polar surface area (TPSA) is 88.3 Å². The number of nitrogen functional groups attached to an aromatic ring is 1. The van der Waals surface area contributed by atoms with Crippen molar-refractivity contribution in [2.75, 3.05) is 25.1 Å². The largest absolute Gasteiger partial charge is 0.382 e. The number of nitrogens with one attached hydrogen (secondary N) is 1. The molecule has 0 bridgehead atoms. The molecular weight excluding hydrogens is 284 g/mol. The van der Waals surface area contributed by atoms with Gasteiger partial charge in [-0.15, -0.1) is 0 Å². The zero-order valence-electron chi connectivity index (χ0n) is 12.0. The fourth-order valence-corrected chi connectivity index (χ4v) is 3.68. The van der Waals surface area contributed by atoms with E-state index in [1.807, 2.05) is 6.92 Å². The van der Waals surface area contributed by atoms with E-state index in [2.05, 4.69) is 23.5 Å². The summed E-state index contributed by atoms with van der Waals surface area (Å²) in [4.78, 5) is 0.0812. The summed E-state index contributed by atoms with van der Waals surface area (Å²) in [6.07, 6.45) is 1.01. The molecule has 110 valence electrons. The molecule has 0 radical (unpaired) electrons. The lowest BCUT2D eigenvalue weighted by molar-refractivity contribution is 0.494. The maximum absolute atomic E-state index is 12.2. The Balaban J connectivity index is 3.13. The van der Waals surface area contributed by atoms with Crippen LogP contribution in [0.5, 0.6) is 0 Å². The molecule has 2 atom stereocenters. The summed E-state index contributed by atoms with van der Waals surface area (Å²) < 4.78 is 29.6. The summed E-state index contributed by atoms with van der Waals surface area (Å²) in [5.41, 5.74) is 5.70. The van der Waals surface area contributed by atoms with E-state index in [-0.39, 0.29) is 16.8 Å². The Morgan fingerprint density at radius 1 is 1.42 bits per heavy atom. The van der Waals surface area contributed by atoms with Crippen molar-refractivity contribution in [1.82, 2.24) is 8.68 Å². The first-order valence-corrected chi connectivity index (χ1v) is 8.37. The van der Waals surface area contributed by atoms with Crippen molar-refractivity contribution in [2.24, 2.45) is 5.92 Å². The van der Waals surface area contributed by atoms with E-state index >= 15 is 0 Å². The van der Waals surface area contributed by atoms with Crippen molar-refractivity contribution < 1.29 is 8.42 Å². The third-order valence-corrected chi connectivity index (χ3v) is 6.08. The predicted molar refractivity (Wildman–Crippen MR) is 79.9 cm³/mol. The van der Waals surface area contributed by atoms with Crippen LogP contribution < -0.4 is 11.1 Å². The Kier molecular flexibility index (Phi) is 5.17. The van der Waals surface area contributed by atoms with E-state index in [4.69, 9.17) is 5.73 Å². The van der Waals surface area contributed by atoms with E-state index in [9.17, 15) is 8.42 Å². The molecule has 1 aromatic heterocycles. The summed E-state index contributed by atoms with van der Waals surface area (Å²) in [5, 5.41) is 3.73. The number of anilines is 2. The zero-order chi connectivity index (χ0) is 14.8. The minimum atomic E-state index is -3.58. The van der Waals surface area contributed by atoms with Gasteiger partial charge in [0.05, 0.1) is 0 Å². The van der Waals surface area contributed by atoms with Gasteiger partial charge in [0.1, 0.15) is 5.00 Å². The Bertz CT molecular complexity index is 525. The smallest absolute Gasteiger partial charge is 0.249 e. The predicted octanol–water partition coefficient (Wildman–Crippen LogP) is 1.82. The van der Waals surface area contributed by atoms with Crippen molar-refractivity contribution in [3.8, 4) is 0 Å². The van der Waals surface area contributed by atoms with Crippen LogP contribution in [0, 0.1) is 5.92 Å². The van der Waals surface area contributed by atoms with Crippen LogP contribution in [0.1, 0.15) is 27.2 Å². The van der Waals surface area contributed by atoms with Gasteiger partial charge in [-0.05, 0) is 24.4 Å². The molecule has 0 saturated carbocycles. The van der Waals surface area contributed by atoms with Crippen LogP contribution in [0.25, 0.3) is 0 Å². The van der Waals surface area contributed by atoms with Gasteiger partial charge < -0.3 is 11.1 Å². The summed E-state index contributed by atoms with van der Waals surface area (Å²) >= 11 is 1.08. The van der Waals surface area contributed by atoms with Crippen LogP contribution >= 0.6 is 11.5 Å². The molecule has 0 aliphatic rings.